The largest absolute Gasteiger partial charge is 0.497 e. The second kappa shape index (κ2) is 10.2. The molecule has 1 N–H and O–H groups in total. The topological polar surface area (TPSA) is 57.9 Å². The fourth-order valence-electron chi connectivity index (χ4n) is 4.95. The molecule has 0 bridgehead atoms. The van der Waals surface area contributed by atoms with Crippen LogP contribution in [0.4, 0.5) is 0 Å². The number of nitrogens with zero attached hydrogens (tertiary/aromatic N) is 5. The molecule has 2 aromatic rings. The summed E-state index contributed by atoms with van der Waals surface area (Å²) in [6.45, 7) is 7.48. The summed E-state index contributed by atoms with van der Waals surface area (Å²) in [4.78, 5) is 13.9. The molecule has 4 rings (SSSR count). The van der Waals surface area contributed by atoms with Crippen molar-refractivity contribution in [3.05, 3.63) is 48.5 Å². The number of nitrogens with one attached hydrogen (secondary N) is 1. The Morgan fingerprint density at radius 1 is 1.23 bits per heavy atom. The number of aliphatic imine (C=N–C) groups is 1. The van der Waals surface area contributed by atoms with Gasteiger partial charge in [-0.05, 0) is 56.0 Å². The van der Waals surface area contributed by atoms with E-state index in [1.165, 1.54) is 18.4 Å². The minimum Gasteiger partial charge on any atom is -0.497 e. The van der Waals surface area contributed by atoms with Crippen LogP contribution in [0.25, 0.3) is 0 Å². The maximum atomic E-state index is 5.36. The van der Waals surface area contributed by atoms with Gasteiger partial charge < -0.3 is 19.5 Å². The number of hydrogen-bond acceptors (Lipinski definition) is 4. The molecule has 0 saturated carbocycles. The molecule has 0 spiro atoms. The number of aromatic nitrogens is 2. The predicted octanol–water partition coefficient (Wildman–Crippen LogP) is 3.19. The third kappa shape index (κ3) is 5.03. The van der Waals surface area contributed by atoms with Crippen molar-refractivity contribution < 1.29 is 4.74 Å². The molecule has 0 radical (unpaired) electrons. The SMILES string of the molecule is CN=C(NCC(c1ccc(OC)cc1)N1CCCC1)N1CCC(C)C(n2ccnc2)C1. The van der Waals surface area contributed by atoms with E-state index in [1.54, 1.807) is 7.11 Å². The molecule has 3 heterocycles. The zero-order valence-electron chi connectivity index (χ0n) is 19.1. The first-order chi connectivity index (χ1) is 15.2. The van der Waals surface area contributed by atoms with Crippen molar-refractivity contribution in [2.75, 3.05) is 46.9 Å². The van der Waals surface area contributed by atoms with E-state index in [0.717, 1.165) is 50.9 Å². The van der Waals surface area contributed by atoms with Gasteiger partial charge in [-0.2, -0.15) is 0 Å². The number of guanidine groups is 1. The molecule has 1 aromatic carbocycles. The van der Waals surface area contributed by atoms with Gasteiger partial charge in [-0.3, -0.25) is 9.89 Å². The Morgan fingerprint density at radius 2 is 2.00 bits per heavy atom. The number of rotatable bonds is 6. The first-order valence-corrected chi connectivity index (χ1v) is 11.5. The van der Waals surface area contributed by atoms with E-state index in [2.05, 4.69) is 67.0 Å². The number of ether oxygens (including phenoxy) is 1. The summed E-state index contributed by atoms with van der Waals surface area (Å²) < 4.78 is 7.60. The molecule has 2 fully saturated rings. The average Bonchev–Trinajstić information content (AvgIpc) is 3.52. The van der Waals surface area contributed by atoms with Gasteiger partial charge in [-0.15, -0.1) is 0 Å². The quantitative estimate of drug-likeness (QED) is 0.570. The van der Waals surface area contributed by atoms with Gasteiger partial charge in [0.15, 0.2) is 5.96 Å². The van der Waals surface area contributed by atoms with Gasteiger partial charge in [0.2, 0.25) is 0 Å². The molecule has 7 heteroatoms. The van der Waals surface area contributed by atoms with E-state index in [1.807, 2.05) is 19.6 Å². The number of benzene rings is 1. The average molecular weight is 425 g/mol. The van der Waals surface area contributed by atoms with Crippen molar-refractivity contribution in [2.24, 2.45) is 10.9 Å². The fourth-order valence-corrected chi connectivity index (χ4v) is 4.95. The van der Waals surface area contributed by atoms with Gasteiger partial charge in [0.25, 0.3) is 0 Å². The minimum atomic E-state index is 0.332. The van der Waals surface area contributed by atoms with Crippen LogP contribution in [-0.2, 0) is 0 Å². The van der Waals surface area contributed by atoms with E-state index < -0.39 is 0 Å². The summed E-state index contributed by atoms with van der Waals surface area (Å²) in [6, 6.07) is 9.28. The first-order valence-electron chi connectivity index (χ1n) is 11.5. The van der Waals surface area contributed by atoms with Crippen LogP contribution in [0, 0.1) is 5.92 Å². The summed E-state index contributed by atoms with van der Waals surface area (Å²) in [7, 11) is 3.61. The summed E-state index contributed by atoms with van der Waals surface area (Å²) >= 11 is 0. The summed E-state index contributed by atoms with van der Waals surface area (Å²) in [5, 5.41) is 3.70. The lowest BCUT2D eigenvalue weighted by atomic mass is 9.93. The smallest absolute Gasteiger partial charge is 0.193 e. The highest BCUT2D eigenvalue weighted by Gasteiger charge is 2.30. The highest BCUT2D eigenvalue weighted by molar-refractivity contribution is 5.80. The lowest BCUT2D eigenvalue weighted by Crippen LogP contribution is -2.50. The van der Waals surface area contributed by atoms with Gasteiger partial charge in [-0.1, -0.05) is 19.1 Å². The Hall–Kier alpha value is -2.54. The third-order valence-corrected chi connectivity index (χ3v) is 6.87. The zero-order chi connectivity index (χ0) is 21.6. The van der Waals surface area contributed by atoms with Crippen molar-refractivity contribution >= 4 is 5.96 Å². The molecule has 3 unspecified atom stereocenters. The minimum absolute atomic E-state index is 0.332. The molecule has 2 aliphatic heterocycles. The molecule has 31 heavy (non-hydrogen) atoms. The van der Waals surface area contributed by atoms with E-state index in [0.29, 0.717) is 18.0 Å². The van der Waals surface area contributed by atoms with Crippen molar-refractivity contribution in [1.82, 2.24) is 24.7 Å². The molecule has 1 aromatic heterocycles. The van der Waals surface area contributed by atoms with Gasteiger partial charge in [-0.25, -0.2) is 4.98 Å². The van der Waals surface area contributed by atoms with Crippen LogP contribution in [0.3, 0.4) is 0 Å². The number of piperidine rings is 1. The molecule has 3 atom stereocenters. The Morgan fingerprint density at radius 3 is 2.65 bits per heavy atom. The summed E-state index contributed by atoms with van der Waals surface area (Å²) in [6.07, 6.45) is 9.59. The van der Waals surface area contributed by atoms with Gasteiger partial charge in [0.05, 0.1) is 25.5 Å². The van der Waals surface area contributed by atoms with E-state index in [-0.39, 0.29) is 0 Å². The van der Waals surface area contributed by atoms with E-state index in [4.69, 9.17) is 4.74 Å². The summed E-state index contributed by atoms with van der Waals surface area (Å²) in [5.74, 6) is 2.52. The van der Waals surface area contributed by atoms with Crippen LogP contribution in [0.15, 0.2) is 48.0 Å². The number of methoxy groups -OCH3 is 1. The van der Waals surface area contributed by atoms with Crippen LogP contribution in [0.5, 0.6) is 5.75 Å². The molecule has 168 valence electrons. The predicted molar refractivity (Wildman–Crippen MR) is 125 cm³/mol. The molecule has 2 aliphatic rings. The van der Waals surface area contributed by atoms with Gasteiger partial charge >= 0.3 is 0 Å². The second-order valence-corrected chi connectivity index (χ2v) is 8.75. The van der Waals surface area contributed by atoms with Crippen LogP contribution in [-0.4, -0.2) is 72.2 Å². The molecule has 2 saturated heterocycles. The highest BCUT2D eigenvalue weighted by atomic mass is 16.5. The van der Waals surface area contributed by atoms with Crippen LogP contribution < -0.4 is 10.1 Å². The maximum Gasteiger partial charge on any atom is 0.193 e. The molecule has 0 aliphatic carbocycles. The molecular weight excluding hydrogens is 388 g/mol. The lowest BCUT2D eigenvalue weighted by molar-refractivity contribution is 0.186. The second-order valence-electron chi connectivity index (χ2n) is 8.75. The van der Waals surface area contributed by atoms with E-state index >= 15 is 0 Å². The standard InChI is InChI=1S/C24H36N6O/c1-19-10-14-29(17-23(19)30-15-11-26-18-30)24(25-2)27-16-22(28-12-4-5-13-28)20-6-8-21(31-3)9-7-20/h6-9,11,15,18-19,22-23H,4-5,10,12-14,16-17H2,1-3H3,(H,25,27). The van der Waals surface area contributed by atoms with Gasteiger partial charge in [0, 0.05) is 39.1 Å². The van der Waals surface area contributed by atoms with Crippen LogP contribution in [0.2, 0.25) is 0 Å². The van der Waals surface area contributed by atoms with Crippen LogP contribution in [0.1, 0.15) is 43.8 Å². The Bertz CT molecular complexity index is 828. The van der Waals surface area contributed by atoms with Crippen molar-refractivity contribution in [3.8, 4) is 5.75 Å². The number of imidazole rings is 1. The molecule has 7 nitrogen and oxygen atoms in total. The molecule has 0 amide bonds. The maximum absolute atomic E-state index is 5.36. The van der Waals surface area contributed by atoms with Crippen molar-refractivity contribution in [2.45, 2.75) is 38.3 Å². The normalized spacial score (nSPS) is 23.7. The Kier molecular flexibility index (Phi) is 7.12. The fraction of sp³-hybridized carbons (Fsp3) is 0.583. The first kappa shape index (κ1) is 21.7. The Balaban J connectivity index is 1.44. The summed E-state index contributed by atoms with van der Waals surface area (Å²) in [5.41, 5.74) is 1.33. The van der Waals surface area contributed by atoms with E-state index in [9.17, 15) is 0 Å². The van der Waals surface area contributed by atoms with Gasteiger partial charge in [0.1, 0.15) is 5.75 Å². The molecular formula is C24H36N6O. The Labute approximate surface area is 186 Å². The van der Waals surface area contributed by atoms with Crippen molar-refractivity contribution in [1.29, 1.82) is 0 Å². The number of hydrogen-bond donors (Lipinski definition) is 1. The monoisotopic (exact) mass is 424 g/mol. The van der Waals surface area contributed by atoms with Crippen LogP contribution >= 0.6 is 0 Å². The third-order valence-electron chi connectivity index (χ3n) is 6.87. The van der Waals surface area contributed by atoms with Crippen molar-refractivity contribution in [3.63, 3.8) is 0 Å². The lowest BCUT2D eigenvalue weighted by Gasteiger charge is -2.40. The number of likely N-dealkylation sites (tertiary alicyclic amines) is 2. The zero-order valence-corrected chi connectivity index (χ0v) is 19.1. The highest BCUT2D eigenvalue weighted by Crippen LogP contribution is 2.28.